The van der Waals surface area contributed by atoms with E-state index in [9.17, 15) is 13.2 Å². The summed E-state index contributed by atoms with van der Waals surface area (Å²) in [6.45, 7) is 5.32. The lowest BCUT2D eigenvalue weighted by atomic mass is 10.2. The Morgan fingerprint density at radius 3 is 2.29 bits per heavy atom. The Bertz CT molecular complexity index is 349. The molecule has 1 atom stereocenters. The fourth-order valence-electron chi connectivity index (χ4n) is 0.873. The van der Waals surface area contributed by atoms with Crippen LogP contribution in [0.5, 0.6) is 0 Å². The second-order valence-corrected chi connectivity index (χ2v) is 6.94. The maximum atomic E-state index is 11.3. The smallest absolute Gasteiger partial charge is 0.407 e. The lowest BCUT2D eigenvalue weighted by Crippen LogP contribution is -2.39. The molecule has 6 nitrogen and oxygen atoms in total. The summed E-state index contributed by atoms with van der Waals surface area (Å²) in [7, 11) is -3.52. The van der Waals surface area contributed by atoms with Crippen molar-refractivity contribution in [3.8, 4) is 0 Å². The summed E-state index contributed by atoms with van der Waals surface area (Å²) < 4.78 is 32.0. The van der Waals surface area contributed by atoms with Crippen molar-refractivity contribution in [1.82, 2.24) is 5.32 Å². The lowest BCUT2D eigenvalue weighted by Gasteiger charge is -2.21. The van der Waals surface area contributed by atoms with Crippen LogP contribution in [-0.4, -0.2) is 43.4 Å². The van der Waals surface area contributed by atoms with E-state index in [1.807, 2.05) is 22.6 Å². The van der Waals surface area contributed by atoms with Gasteiger partial charge in [0.2, 0.25) is 0 Å². The van der Waals surface area contributed by atoms with Crippen LogP contribution in [0.3, 0.4) is 0 Å². The molecule has 0 aliphatic rings. The first-order valence-electron chi connectivity index (χ1n) is 4.94. The third-order valence-electron chi connectivity index (χ3n) is 1.36. The number of carbonyl (C=O) groups excluding carboxylic acids is 1. The number of rotatable bonds is 5. The summed E-state index contributed by atoms with van der Waals surface area (Å²) in [5, 5.41) is 2.46. The minimum atomic E-state index is -3.52. The second kappa shape index (κ2) is 6.74. The summed E-state index contributed by atoms with van der Waals surface area (Å²) in [6.07, 6.45) is -0.206. The lowest BCUT2D eigenvalue weighted by molar-refractivity contribution is 0.0507. The van der Waals surface area contributed by atoms with Gasteiger partial charge in [0.05, 0.1) is 6.26 Å². The summed E-state index contributed by atoms with van der Waals surface area (Å²) >= 11 is 1.98. The number of carbonyl (C=O) groups is 1. The van der Waals surface area contributed by atoms with Crippen molar-refractivity contribution in [3.05, 3.63) is 0 Å². The molecule has 0 rings (SSSR count). The molecule has 102 valence electrons. The number of hydrogen-bond acceptors (Lipinski definition) is 5. The van der Waals surface area contributed by atoms with Gasteiger partial charge < -0.3 is 10.1 Å². The third kappa shape index (κ3) is 10.8. The van der Waals surface area contributed by atoms with Gasteiger partial charge in [0.1, 0.15) is 11.7 Å². The van der Waals surface area contributed by atoms with Crippen molar-refractivity contribution in [1.29, 1.82) is 0 Å². The van der Waals surface area contributed by atoms with Crippen LogP contribution in [0.1, 0.15) is 20.8 Å². The predicted octanol–water partition coefficient (Wildman–Crippen LogP) is 1.29. The highest BCUT2D eigenvalue weighted by atomic mass is 127. The minimum absolute atomic E-state index is 0.0882. The van der Waals surface area contributed by atoms with Crippen LogP contribution in [0.25, 0.3) is 0 Å². The SMILES string of the molecule is CC(C)(C)OC(=O)NC[C@@H](CI)OS(C)(=O)=O. The van der Waals surface area contributed by atoms with Gasteiger partial charge in [-0.15, -0.1) is 0 Å². The first-order valence-corrected chi connectivity index (χ1v) is 8.29. The average Bonchev–Trinajstić information content (AvgIpc) is 2.07. The van der Waals surface area contributed by atoms with Crippen molar-refractivity contribution in [2.45, 2.75) is 32.5 Å². The van der Waals surface area contributed by atoms with E-state index in [1.165, 1.54) is 0 Å². The molecule has 0 fully saturated rings. The van der Waals surface area contributed by atoms with E-state index in [0.29, 0.717) is 4.43 Å². The van der Waals surface area contributed by atoms with Crippen molar-refractivity contribution >= 4 is 38.8 Å². The molecule has 0 aromatic heterocycles. The number of hydrogen-bond donors (Lipinski definition) is 1. The normalized spacial score (nSPS) is 14.2. The van der Waals surface area contributed by atoms with Gasteiger partial charge in [-0.2, -0.15) is 8.42 Å². The zero-order valence-electron chi connectivity index (χ0n) is 10.3. The molecule has 0 radical (unpaired) electrons. The molecule has 0 spiro atoms. The number of alkyl carbamates (subject to hydrolysis) is 1. The Balaban J connectivity index is 4.12. The average molecular weight is 379 g/mol. The van der Waals surface area contributed by atoms with Crippen LogP contribution in [-0.2, 0) is 19.0 Å². The molecule has 0 unspecified atom stereocenters. The van der Waals surface area contributed by atoms with Crippen LogP contribution in [0, 0.1) is 0 Å². The van der Waals surface area contributed by atoms with Crippen molar-refractivity contribution < 1.29 is 22.1 Å². The first kappa shape index (κ1) is 16.9. The molecule has 0 aromatic carbocycles. The van der Waals surface area contributed by atoms with E-state index in [2.05, 4.69) is 5.32 Å². The quantitative estimate of drug-likeness (QED) is 0.442. The molecule has 0 aromatic rings. The number of nitrogens with one attached hydrogen (secondary N) is 1. The highest BCUT2D eigenvalue weighted by Crippen LogP contribution is 2.07. The summed E-state index contributed by atoms with van der Waals surface area (Å²) in [5.41, 5.74) is -0.582. The molecule has 0 aliphatic heterocycles. The molecule has 0 heterocycles. The zero-order valence-corrected chi connectivity index (χ0v) is 13.3. The topological polar surface area (TPSA) is 81.7 Å². The molecule has 0 saturated heterocycles. The fourth-order valence-corrected chi connectivity index (χ4v) is 2.24. The number of ether oxygens (including phenoxy) is 1. The molecule has 0 bridgehead atoms. The van der Waals surface area contributed by atoms with Crippen molar-refractivity contribution in [2.24, 2.45) is 0 Å². The maximum absolute atomic E-state index is 11.3. The van der Waals surface area contributed by atoms with Gasteiger partial charge in [-0.05, 0) is 20.8 Å². The first-order chi connectivity index (χ1) is 7.53. The van der Waals surface area contributed by atoms with Crippen LogP contribution in [0.4, 0.5) is 4.79 Å². The fraction of sp³-hybridized carbons (Fsp3) is 0.889. The predicted molar refractivity (Wildman–Crippen MR) is 72.8 cm³/mol. The van der Waals surface area contributed by atoms with Gasteiger partial charge in [0.25, 0.3) is 10.1 Å². The van der Waals surface area contributed by atoms with E-state index in [4.69, 9.17) is 8.92 Å². The van der Waals surface area contributed by atoms with Crippen molar-refractivity contribution in [2.75, 3.05) is 17.2 Å². The van der Waals surface area contributed by atoms with Gasteiger partial charge >= 0.3 is 6.09 Å². The molecule has 0 saturated carbocycles. The van der Waals surface area contributed by atoms with Gasteiger partial charge in [-0.25, -0.2) is 4.79 Å². The molecule has 1 N–H and O–H groups in total. The van der Waals surface area contributed by atoms with E-state index >= 15 is 0 Å². The van der Waals surface area contributed by atoms with Crippen LogP contribution in [0.15, 0.2) is 0 Å². The molecular weight excluding hydrogens is 361 g/mol. The van der Waals surface area contributed by atoms with Crippen LogP contribution >= 0.6 is 22.6 Å². The Morgan fingerprint density at radius 1 is 1.41 bits per heavy atom. The molecular formula is C9H18INO5S. The van der Waals surface area contributed by atoms with Gasteiger partial charge in [0.15, 0.2) is 0 Å². The Kier molecular flexibility index (Phi) is 6.70. The van der Waals surface area contributed by atoms with Gasteiger partial charge in [-0.1, -0.05) is 22.6 Å². The van der Waals surface area contributed by atoms with Crippen LogP contribution < -0.4 is 5.32 Å². The summed E-state index contributed by atoms with van der Waals surface area (Å²) in [6, 6.07) is 0. The van der Waals surface area contributed by atoms with Crippen molar-refractivity contribution in [3.63, 3.8) is 0 Å². The second-order valence-electron chi connectivity index (χ2n) is 4.46. The standard InChI is InChI=1S/C9H18INO5S/c1-9(2,3)15-8(12)11-6-7(5-10)16-17(4,13)14/h7H,5-6H2,1-4H3,(H,11,12)/t7-/m1/s1. The zero-order chi connectivity index (χ0) is 13.7. The van der Waals surface area contributed by atoms with Crippen LogP contribution in [0.2, 0.25) is 0 Å². The number of alkyl halides is 1. The van der Waals surface area contributed by atoms with E-state index in [1.54, 1.807) is 20.8 Å². The molecule has 1 amide bonds. The van der Waals surface area contributed by atoms with E-state index in [0.717, 1.165) is 6.26 Å². The van der Waals surface area contributed by atoms with E-state index < -0.39 is 27.9 Å². The van der Waals surface area contributed by atoms with Gasteiger partial charge in [-0.3, -0.25) is 4.18 Å². The summed E-state index contributed by atoms with van der Waals surface area (Å²) in [5.74, 6) is 0. The highest BCUT2D eigenvalue weighted by Gasteiger charge is 2.19. The Hall–Kier alpha value is -0.0900. The third-order valence-corrected chi connectivity index (χ3v) is 2.96. The monoisotopic (exact) mass is 379 g/mol. The highest BCUT2D eigenvalue weighted by molar-refractivity contribution is 14.1. The molecule has 8 heteroatoms. The molecule has 0 aliphatic carbocycles. The Morgan fingerprint density at radius 2 is 1.94 bits per heavy atom. The van der Waals surface area contributed by atoms with Gasteiger partial charge in [0, 0.05) is 11.0 Å². The maximum Gasteiger partial charge on any atom is 0.407 e. The molecule has 17 heavy (non-hydrogen) atoms. The number of halogens is 1. The largest absolute Gasteiger partial charge is 0.444 e. The minimum Gasteiger partial charge on any atom is -0.444 e. The summed E-state index contributed by atoms with van der Waals surface area (Å²) in [4.78, 5) is 11.3. The Labute approximate surface area is 116 Å². The number of amides is 1. The van der Waals surface area contributed by atoms with E-state index in [-0.39, 0.29) is 6.54 Å².